The average Bonchev–Trinajstić information content (AvgIpc) is 3.89. The summed E-state index contributed by atoms with van der Waals surface area (Å²) in [4.78, 5) is 0. The van der Waals surface area contributed by atoms with Crippen LogP contribution in [-0.4, -0.2) is 4.57 Å². The van der Waals surface area contributed by atoms with Gasteiger partial charge in [0.1, 0.15) is 0 Å². The SMILES string of the molecule is c1ccc(-c2ccc(-c3ccc4sc5ccc(-c6ccc(-n7c8ccccc8c8ccc(-c9ccc%10c%11ccccc%11c%11ccccc%11c%10c9)cc87)cc6)cc5c4c3)cc2)cc1. The molecule has 0 aliphatic heterocycles. The van der Waals surface area contributed by atoms with E-state index in [0.29, 0.717) is 0 Å². The Balaban J connectivity index is 0.880. The van der Waals surface area contributed by atoms with Gasteiger partial charge in [0.25, 0.3) is 0 Å². The van der Waals surface area contributed by atoms with Gasteiger partial charge in [-0.05, 0) is 131 Å². The third kappa shape index (κ3) is 5.54. The molecule has 2 heteroatoms. The topological polar surface area (TPSA) is 4.93 Å². The van der Waals surface area contributed by atoms with E-state index in [1.807, 2.05) is 11.3 Å². The third-order valence-corrected chi connectivity index (χ3v) is 14.2. The predicted octanol–water partition coefficient (Wildman–Crippen LogP) is 17.3. The van der Waals surface area contributed by atoms with Gasteiger partial charge in [0, 0.05) is 36.6 Å². The number of fused-ring (bicyclic) bond motifs is 12. The van der Waals surface area contributed by atoms with Crippen LogP contribution >= 0.6 is 11.3 Å². The molecule has 0 radical (unpaired) electrons. The number of thiophene rings is 1. The Bertz CT molecular complexity index is 3850. The largest absolute Gasteiger partial charge is 0.309 e. The molecule has 11 aromatic carbocycles. The van der Waals surface area contributed by atoms with Gasteiger partial charge in [0.05, 0.1) is 11.0 Å². The van der Waals surface area contributed by atoms with Crippen molar-refractivity contribution in [1.29, 1.82) is 0 Å². The molecule has 2 aromatic heterocycles. The summed E-state index contributed by atoms with van der Waals surface area (Å²) in [6.07, 6.45) is 0. The number of hydrogen-bond donors (Lipinski definition) is 0. The summed E-state index contributed by atoms with van der Waals surface area (Å²) < 4.78 is 5.06. The molecule has 1 nitrogen and oxygen atoms in total. The smallest absolute Gasteiger partial charge is 0.0547 e. The lowest BCUT2D eigenvalue weighted by atomic mass is 9.92. The van der Waals surface area contributed by atoms with Crippen LogP contribution in [0.3, 0.4) is 0 Å². The maximum Gasteiger partial charge on any atom is 0.0547 e. The minimum absolute atomic E-state index is 1.15. The van der Waals surface area contributed by atoms with Gasteiger partial charge < -0.3 is 4.57 Å². The molecule has 0 saturated heterocycles. The highest BCUT2D eigenvalue weighted by atomic mass is 32.1. The maximum absolute atomic E-state index is 2.44. The fraction of sp³-hybridized carbons (Fsp3) is 0. The number of hydrogen-bond acceptors (Lipinski definition) is 1. The van der Waals surface area contributed by atoms with Crippen LogP contribution in [0.15, 0.2) is 224 Å². The summed E-state index contributed by atoms with van der Waals surface area (Å²) >= 11 is 1.87. The van der Waals surface area contributed by atoms with Gasteiger partial charge in [-0.15, -0.1) is 11.3 Å². The highest BCUT2D eigenvalue weighted by molar-refractivity contribution is 7.25. The zero-order chi connectivity index (χ0) is 40.7. The maximum atomic E-state index is 2.44. The molecular weight excluding hydrogens is 767 g/mol. The van der Waals surface area contributed by atoms with Crippen LogP contribution in [0.4, 0.5) is 0 Å². The van der Waals surface area contributed by atoms with Crippen LogP contribution in [-0.2, 0) is 0 Å². The second kappa shape index (κ2) is 13.9. The number of rotatable bonds is 5. The first kappa shape index (κ1) is 35.0. The van der Waals surface area contributed by atoms with E-state index in [4.69, 9.17) is 0 Å². The van der Waals surface area contributed by atoms with Crippen molar-refractivity contribution in [2.45, 2.75) is 0 Å². The molecule has 0 N–H and O–H groups in total. The van der Waals surface area contributed by atoms with Crippen molar-refractivity contribution in [2.75, 3.05) is 0 Å². The summed E-state index contributed by atoms with van der Waals surface area (Å²) in [5, 5.41) is 12.9. The van der Waals surface area contributed by atoms with E-state index in [1.54, 1.807) is 0 Å². The lowest BCUT2D eigenvalue weighted by Crippen LogP contribution is -1.94. The monoisotopic (exact) mass is 803 g/mol. The van der Waals surface area contributed by atoms with Crippen molar-refractivity contribution in [3.8, 4) is 50.2 Å². The van der Waals surface area contributed by atoms with Gasteiger partial charge in [0.15, 0.2) is 0 Å². The van der Waals surface area contributed by atoms with Crippen LogP contribution in [0.2, 0.25) is 0 Å². The fourth-order valence-electron chi connectivity index (χ4n) is 9.94. The van der Waals surface area contributed by atoms with Crippen molar-refractivity contribution in [3.05, 3.63) is 224 Å². The molecule has 0 spiro atoms. The summed E-state index contributed by atoms with van der Waals surface area (Å²) in [5.74, 6) is 0. The molecular formula is C60H37NS. The Morgan fingerprint density at radius 3 is 1.21 bits per heavy atom. The molecule has 13 rings (SSSR count). The van der Waals surface area contributed by atoms with Crippen molar-refractivity contribution in [3.63, 3.8) is 0 Å². The van der Waals surface area contributed by atoms with Gasteiger partial charge in [-0.3, -0.25) is 0 Å². The number of para-hydroxylation sites is 1. The van der Waals surface area contributed by atoms with Gasteiger partial charge in [-0.1, -0.05) is 170 Å². The van der Waals surface area contributed by atoms with Crippen LogP contribution < -0.4 is 0 Å². The lowest BCUT2D eigenvalue weighted by Gasteiger charge is -2.13. The van der Waals surface area contributed by atoms with Gasteiger partial charge >= 0.3 is 0 Å². The van der Waals surface area contributed by atoms with E-state index in [2.05, 4.69) is 229 Å². The number of nitrogens with zero attached hydrogens (tertiary/aromatic N) is 1. The molecule has 0 unspecified atom stereocenters. The predicted molar refractivity (Wildman–Crippen MR) is 268 cm³/mol. The van der Waals surface area contributed by atoms with Crippen molar-refractivity contribution in [1.82, 2.24) is 4.57 Å². The average molecular weight is 804 g/mol. The summed E-state index contributed by atoms with van der Waals surface area (Å²) in [6, 6.07) is 83.0. The molecule has 2 heterocycles. The quantitative estimate of drug-likeness (QED) is 0.153. The Hall–Kier alpha value is -7.78. The Morgan fingerprint density at radius 2 is 0.597 bits per heavy atom. The first-order valence-corrected chi connectivity index (χ1v) is 22.1. The zero-order valence-electron chi connectivity index (χ0n) is 33.7. The Morgan fingerprint density at radius 1 is 0.226 bits per heavy atom. The van der Waals surface area contributed by atoms with Crippen LogP contribution in [0.25, 0.3) is 124 Å². The summed E-state index contributed by atoms with van der Waals surface area (Å²) in [7, 11) is 0. The highest BCUT2D eigenvalue weighted by Gasteiger charge is 2.16. The van der Waals surface area contributed by atoms with E-state index in [9.17, 15) is 0 Å². The summed E-state index contributed by atoms with van der Waals surface area (Å²) in [6.45, 7) is 0. The van der Waals surface area contributed by atoms with Crippen molar-refractivity contribution < 1.29 is 0 Å². The van der Waals surface area contributed by atoms with Gasteiger partial charge in [0.2, 0.25) is 0 Å². The van der Waals surface area contributed by atoms with E-state index < -0.39 is 0 Å². The van der Waals surface area contributed by atoms with Gasteiger partial charge in [-0.25, -0.2) is 0 Å². The summed E-state index contributed by atoms with van der Waals surface area (Å²) in [5.41, 5.74) is 13.4. The molecule has 0 saturated carbocycles. The Labute approximate surface area is 363 Å². The zero-order valence-corrected chi connectivity index (χ0v) is 34.5. The van der Waals surface area contributed by atoms with E-state index >= 15 is 0 Å². The molecule has 0 aliphatic rings. The second-order valence-electron chi connectivity index (χ2n) is 16.5. The van der Waals surface area contributed by atoms with E-state index in [0.717, 1.165) is 5.69 Å². The first-order valence-electron chi connectivity index (χ1n) is 21.3. The normalized spacial score (nSPS) is 11.9. The third-order valence-electron chi connectivity index (χ3n) is 13.0. The van der Waals surface area contributed by atoms with Crippen molar-refractivity contribution >= 4 is 85.6 Å². The van der Waals surface area contributed by atoms with E-state index in [1.165, 1.54) is 119 Å². The minimum Gasteiger partial charge on any atom is -0.309 e. The molecule has 0 atom stereocenters. The standard InChI is InChI=1S/C60H37NS/c1-2-10-38(11-3-1)39-18-20-40(21-19-39)42-26-32-59-55(35-42)56-36-43(27-33-60(56)62-59)41-22-28-46(29-23-41)61-57-17-9-8-16-52(57)53-31-25-45(37-58(53)61)44-24-30-51-49-14-5-4-12-47(49)48-13-6-7-15-50(48)54(51)34-44/h1-37H. The minimum atomic E-state index is 1.15. The molecule has 13 aromatic rings. The van der Waals surface area contributed by atoms with E-state index in [-0.39, 0.29) is 0 Å². The lowest BCUT2D eigenvalue weighted by molar-refractivity contribution is 1.18. The molecule has 62 heavy (non-hydrogen) atoms. The van der Waals surface area contributed by atoms with Crippen LogP contribution in [0.5, 0.6) is 0 Å². The number of benzene rings is 11. The Kier molecular flexibility index (Phi) is 7.85. The number of aromatic nitrogens is 1. The molecule has 0 fully saturated rings. The van der Waals surface area contributed by atoms with Gasteiger partial charge in [-0.2, -0.15) is 0 Å². The van der Waals surface area contributed by atoms with Crippen LogP contribution in [0.1, 0.15) is 0 Å². The first-order chi connectivity index (χ1) is 30.7. The fourth-order valence-corrected chi connectivity index (χ4v) is 11.0. The molecule has 0 aliphatic carbocycles. The highest BCUT2D eigenvalue weighted by Crippen LogP contribution is 2.41. The molecule has 0 bridgehead atoms. The van der Waals surface area contributed by atoms with Crippen molar-refractivity contribution in [2.24, 2.45) is 0 Å². The molecule has 288 valence electrons. The van der Waals surface area contributed by atoms with Crippen LogP contribution in [0, 0.1) is 0 Å². The second-order valence-corrected chi connectivity index (χ2v) is 17.5. The molecule has 0 amide bonds.